The van der Waals surface area contributed by atoms with Gasteiger partial charge in [0.1, 0.15) is 17.0 Å². The highest BCUT2D eigenvalue weighted by Gasteiger charge is 2.32. The van der Waals surface area contributed by atoms with Crippen LogP contribution in [0.5, 0.6) is 23.0 Å². The Balaban J connectivity index is 1.59. The second-order valence-electron chi connectivity index (χ2n) is 6.28. The molecule has 10 nitrogen and oxygen atoms in total. The molecule has 1 atom stereocenters. The summed E-state index contributed by atoms with van der Waals surface area (Å²) >= 11 is 0. The van der Waals surface area contributed by atoms with Crippen molar-refractivity contribution in [1.29, 1.82) is 0 Å². The number of ether oxygens (including phenoxy) is 3. The summed E-state index contributed by atoms with van der Waals surface area (Å²) in [5.41, 5.74) is 4.56. The molecule has 0 fully saturated rings. The highest BCUT2D eigenvalue weighted by atomic mass is 31.2. The number of anilines is 1. The van der Waals surface area contributed by atoms with Gasteiger partial charge in [0.05, 0.1) is 6.61 Å². The number of benzene rings is 2. The molecule has 0 spiro atoms. The number of hydrogen-bond donors (Lipinski definition) is 4. The normalized spacial score (nSPS) is 15.0. The molecule has 0 radical (unpaired) electrons. The van der Waals surface area contributed by atoms with Gasteiger partial charge in [-0.25, -0.2) is 4.57 Å². The van der Waals surface area contributed by atoms with Crippen LogP contribution in [-0.2, 0) is 13.9 Å². The standard InChI is InChI=1S/C17H19N2O8P/c1-17(18,9-26-28(21,22)23)16(20)19-11-2-4-12(5-3-11)27-13-6-7-14-15(8-13)25-10-24-14/h2-8H,9-10,18H2,1H3,(H,19,20)(H2,21,22,23)/t17-/m0/s1. The Morgan fingerprint density at radius 3 is 2.50 bits per heavy atom. The molecule has 0 aliphatic carbocycles. The van der Waals surface area contributed by atoms with Gasteiger partial charge < -0.3 is 35.0 Å². The minimum Gasteiger partial charge on any atom is -0.457 e. The van der Waals surface area contributed by atoms with Crippen LogP contribution in [0.25, 0.3) is 0 Å². The molecule has 1 heterocycles. The first-order chi connectivity index (χ1) is 13.1. The molecule has 0 saturated carbocycles. The van der Waals surface area contributed by atoms with Crippen LogP contribution < -0.4 is 25.3 Å². The molecular formula is C17H19N2O8P. The smallest absolute Gasteiger partial charge is 0.457 e. The van der Waals surface area contributed by atoms with Gasteiger partial charge in [0.15, 0.2) is 11.5 Å². The molecule has 1 aliphatic rings. The van der Waals surface area contributed by atoms with Gasteiger partial charge in [-0.15, -0.1) is 0 Å². The minimum absolute atomic E-state index is 0.173. The summed E-state index contributed by atoms with van der Waals surface area (Å²) in [6, 6.07) is 11.7. The van der Waals surface area contributed by atoms with Gasteiger partial charge in [-0.1, -0.05) is 0 Å². The van der Waals surface area contributed by atoms with E-state index in [1.54, 1.807) is 42.5 Å². The third kappa shape index (κ3) is 5.22. The Kier molecular flexibility index (Phi) is 5.59. The fourth-order valence-corrected chi connectivity index (χ4v) is 2.68. The van der Waals surface area contributed by atoms with E-state index in [4.69, 9.17) is 29.7 Å². The van der Waals surface area contributed by atoms with Crippen molar-refractivity contribution in [2.24, 2.45) is 5.73 Å². The van der Waals surface area contributed by atoms with Crippen molar-refractivity contribution < 1.29 is 37.9 Å². The quantitative estimate of drug-likeness (QED) is 0.502. The Hall–Kier alpha value is -2.62. The SMILES string of the molecule is C[C@](N)(COP(=O)(O)O)C(=O)Nc1ccc(Oc2ccc3c(c2)OCO3)cc1. The van der Waals surface area contributed by atoms with E-state index in [1.165, 1.54) is 6.92 Å². The van der Waals surface area contributed by atoms with Gasteiger partial charge >= 0.3 is 7.82 Å². The highest BCUT2D eigenvalue weighted by molar-refractivity contribution is 7.46. The van der Waals surface area contributed by atoms with E-state index in [-0.39, 0.29) is 6.79 Å². The van der Waals surface area contributed by atoms with Crippen LogP contribution in [0.15, 0.2) is 42.5 Å². The summed E-state index contributed by atoms with van der Waals surface area (Å²) in [6.45, 7) is 0.829. The van der Waals surface area contributed by atoms with Gasteiger partial charge in [0, 0.05) is 11.8 Å². The van der Waals surface area contributed by atoms with E-state index >= 15 is 0 Å². The molecule has 11 heteroatoms. The van der Waals surface area contributed by atoms with E-state index in [9.17, 15) is 9.36 Å². The summed E-state index contributed by atoms with van der Waals surface area (Å²) in [4.78, 5) is 29.7. The van der Waals surface area contributed by atoms with E-state index < -0.39 is 25.9 Å². The predicted molar refractivity (Wildman–Crippen MR) is 98.3 cm³/mol. The summed E-state index contributed by atoms with van der Waals surface area (Å²) in [5.74, 6) is 1.67. The van der Waals surface area contributed by atoms with Crippen molar-refractivity contribution in [3.8, 4) is 23.0 Å². The summed E-state index contributed by atoms with van der Waals surface area (Å²) < 4.78 is 31.3. The lowest BCUT2D eigenvalue weighted by atomic mass is 10.0. The Labute approximate surface area is 160 Å². The predicted octanol–water partition coefficient (Wildman–Crippen LogP) is 1.97. The Morgan fingerprint density at radius 1 is 1.18 bits per heavy atom. The zero-order valence-corrected chi connectivity index (χ0v) is 15.7. The fraction of sp³-hybridized carbons (Fsp3) is 0.235. The monoisotopic (exact) mass is 410 g/mol. The molecule has 1 aliphatic heterocycles. The number of carbonyl (C=O) groups excluding carboxylic acids is 1. The Bertz CT molecular complexity index is 910. The molecule has 28 heavy (non-hydrogen) atoms. The largest absolute Gasteiger partial charge is 0.469 e. The van der Waals surface area contributed by atoms with Gasteiger partial charge in [-0.05, 0) is 43.3 Å². The average Bonchev–Trinajstić information content (AvgIpc) is 3.09. The van der Waals surface area contributed by atoms with Crippen LogP contribution in [0.4, 0.5) is 5.69 Å². The maximum atomic E-state index is 12.2. The lowest BCUT2D eigenvalue weighted by molar-refractivity contribution is -0.121. The van der Waals surface area contributed by atoms with Crippen LogP contribution >= 0.6 is 7.82 Å². The molecule has 3 rings (SSSR count). The van der Waals surface area contributed by atoms with Crippen LogP contribution in [0.3, 0.4) is 0 Å². The number of nitrogens with two attached hydrogens (primary N) is 1. The first-order valence-corrected chi connectivity index (χ1v) is 9.63. The van der Waals surface area contributed by atoms with Crippen molar-refractivity contribution in [3.63, 3.8) is 0 Å². The number of rotatable bonds is 7. The number of phosphoric acid groups is 1. The maximum absolute atomic E-state index is 12.2. The van der Waals surface area contributed by atoms with Crippen LogP contribution in [0.1, 0.15) is 6.92 Å². The number of carbonyl (C=O) groups is 1. The molecule has 0 bridgehead atoms. The second-order valence-corrected chi connectivity index (χ2v) is 7.52. The third-order valence-electron chi connectivity index (χ3n) is 3.74. The molecule has 150 valence electrons. The topological polar surface area (TPSA) is 150 Å². The molecule has 1 amide bonds. The van der Waals surface area contributed by atoms with Crippen LogP contribution in [0.2, 0.25) is 0 Å². The minimum atomic E-state index is -4.72. The zero-order chi connectivity index (χ0) is 20.4. The number of fused-ring (bicyclic) bond motifs is 1. The highest BCUT2D eigenvalue weighted by Crippen LogP contribution is 2.37. The third-order valence-corrected chi connectivity index (χ3v) is 4.21. The second kappa shape index (κ2) is 7.78. The number of hydrogen-bond acceptors (Lipinski definition) is 7. The number of nitrogens with one attached hydrogen (secondary N) is 1. The van der Waals surface area contributed by atoms with Gasteiger partial charge in [0.25, 0.3) is 0 Å². The lowest BCUT2D eigenvalue weighted by Gasteiger charge is -2.23. The molecule has 2 aromatic rings. The van der Waals surface area contributed by atoms with E-state index in [0.29, 0.717) is 28.7 Å². The molecular weight excluding hydrogens is 391 g/mol. The van der Waals surface area contributed by atoms with Crippen LogP contribution in [0, 0.1) is 0 Å². The number of amides is 1. The summed E-state index contributed by atoms with van der Waals surface area (Å²) in [7, 11) is -4.72. The summed E-state index contributed by atoms with van der Waals surface area (Å²) in [6.07, 6.45) is 0. The first-order valence-electron chi connectivity index (χ1n) is 8.10. The van der Waals surface area contributed by atoms with Crippen molar-refractivity contribution in [2.45, 2.75) is 12.5 Å². The average molecular weight is 410 g/mol. The number of phosphoric ester groups is 1. The Morgan fingerprint density at radius 2 is 1.82 bits per heavy atom. The first kappa shape index (κ1) is 20.1. The fourth-order valence-electron chi connectivity index (χ4n) is 2.24. The molecule has 5 N–H and O–H groups in total. The molecule has 0 unspecified atom stereocenters. The summed E-state index contributed by atoms with van der Waals surface area (Å²) in [5, 5.41) is 2.55. The zero-order valence-electron chi connectivity index (χ0n) is 14.8. The maximum Gasteiger partial charge on any atom is 0.469 e. The lowest BCUT2D eigenvalue weighted by Crippen LogP contribution is -2.52. The van der Waals surface area contributed by atoms with E-state index in [0.717, 1.165) is 0 Å². The van der Waals surface area contributed by atoms with Gasteiger partial charge in [0.2, 0.25) is 12.7 Å². The van der Waals surface area contributed by atoms with Crippen LogP contribution in [-0.4, -0.2) is 34.6 Å². The van der Waals surface area contributed by atoms with Crippen molar-refractivity contribution in [3.05, 3.63) is 42.5 Å². The van der Waals surface area contributed by atoms with Crippen molar-refractivity contribution in [2.75, 3.05) is 18.7 Å². The van der Waals surface area contributed by atoms with Gasteiger partial charge in [-0.3, -0.25) is 9.32 Å². The molecule has 0 aromatic heterocycles. The van der Waals surface area contributed by atoms with E-state index in [2.05, 4.69) is 9.84 Å². The molecule has 0 saturated heterocycles. The van der Waals surface area contributed by atoms with Gasteiger partial charge in [-0.2, -0.15) is 0 Å². The molecule has 2 aromatic carbocycles. The van der Waals surface area contributed by atoms with E-state index in [1.807, 2.05) is 0 Å². The van der Waals surface area contributed by atoms with Crippen molar-refractivity contribution in [1.82, 2.24) is 0 Å². The van der Waals surface area contributed by atoms with Crippen molar-refractivity contribution >= 4 is 19.4 Å².